The fourth-order valence-electron chi connectivity index (χ4n) is 0.859. The van der Waals surface area contributed by atoms with Crippen molar-refractivity contribution in [1.82, 2.24) is 0 Å². The summed E-state index contributed by atoms with van der Waals surface area (Å²) in [4.78, 5) is 36.3. The Morgan fingerprint density at radius 2 is 1.87 bits per heavy atom. The molecule has 0 aliphatic heterocycles. The van der Waals surface area contributed by atoms with Gasteiger partial charge in [0.2, 0.25) is 0 Å². The first-order valence-corrected chi connectivity index (χ1v) is 6.81. The number of aliphatic carboxylic acids is 1. The third-order valence-corrected chi connectivity index (χ3v) is 4.99. The predicted octanol–water partition coefficient (Wildman–Crippen LogP) is -0.583. The molecule has 6 N–H and O–H groups in total. The van der Waals surface area contributed by atoms with Crippen molar-refractivity contribution >= 4 is 21.6 Å². The molecule has 8 nitrogen and oxygen atoms in total. The number of hydrogen-bond acceptors (Lipinski definition) is 4. The molecule has 0 saturated heterocycles. The average molecular weight is 260 g/mol. The van der Waals surface area contributed by atoms with Crippen LogP contribution in [0.25, 0.3) is 0 Å². The number of carbonyl (C=O) groups is 1. The van der Waals surface area contributed by atoms with Gasteiger partial charge < -0.3 is 20.6 Å². The molecule has 0 bridgehead atoms. The van der Waals surface area contributed by atoms with E-state index in [1.807, 2.05) is 0 Å². The number of hydrogen-bond donors (Lipinski definition) is 5. The van der Waals surface area contributed by atoms with Crippen molar-refractivity contribution in [3.8, 4) is 0 Å². The maximum atomic E-state index is 10.7. The van der Waals surface area contributed by atoms with Gasteiger partial charge in [0.25, 0.3) is 5.40 Å². The third kappa shape index (κ3) is 5.32. The fourth-order valence-corrected chi connectivity index (χ4v) is 2.74. The normalized spacial score (nSPS) is 16.9. The summed E-state index contributed by atoms with van der Waals surface area (Å²) in [6, 6.07) is -1.30. The smallest absolute Gasteiger partial charge is 0.480 e. The van der Waals surface area contributed by atoms with E-state index in [-0.39, 0.29) is 6.42 Å². The van der Waals surface area contributed by atoms with Gasteiger partial charge in [-0.25, -0.2) is 0 Å². The topological polar surface area (TPSA) is 158 Å². The second-order valence-electron chi connectivity index (χ2n) is 2.89. The molecule has 15 heavy (non-hydrogen) atoms. The average Bonchev–Trinajstić information content (AvgIpc) is 2.00. The molecule has 0 aromatic rings. The van der Waals surface area contributed by atoms with Gasteiger partial charge in [-0.15, -0.1) is 0 Å². The quantitative estimate of drug-likeness (QED) is 0.396. The van der Waals surface area contributed by atoms with E-state index in [1.54, 1.807) is 0 Å². The lowest BCUT2D eigenvalue weighted by Crippen LogP contribution is -2.30. The summed E-state index contributed by atoms with van der Waals surface area (Å²) < 4.78 is 21.3. The highest BCUT2D eigenvalue weighted by molar-refractivity contribution is 7.65. The van der Waals surface area contributed by atoms with Gasteiger partial charge in [0.15, 0.2) is 0 Å². The molecule has 0 saturated carbocycles. The van der Waals surface area contributed by atoms with Crippen molar-refractivity contribution in [2.24, 2.45) is 5.73 Å². The van der Waals surface area contributed by atoms with Crippen LogP contribution in [0.5, 0.6) is 0 Å². The molecule has 0 amide bonds. The zero-order valence-electron chi connectivity index (χ0n) is 7.55. The van der Waals surface area contributed by atoms with Crippen LogP contribution in [-0.4, -0.2) is 37.2 Å². The molecule has 0 aromatic heterocycles. The maximum Gasteiger partial charge on any atom is 0.521 e. The molecule has 0 spiro atoms. The van der Waals surface area contributed by atoms with Gasteiger partial charge >= 0.3 is 21.6 Å². The number of carboxylic acid groups (broad SMARTS) is 1. The van der Waals surface area contributed by atoms with E-state index in [1.165, 1.54) is 0 Å². The molecule has 3 atom stereocenters. The molecular weight excluding hydrogens is 248 g/mol. The number of carboxylic acids is 1. The molecule has 0 radical (unpaired) electrons. The summed E-state index contributed by atoms with van der Waals surface area (Å²) in [5.74, 6) is -1.33. The molecule has 0 aliphatic rings. The van der Waals surface area contributed by atoms with Crippen LogP contribution >= 0.6 is 15.6 Å². The molecular formula is C5H12NO7P2+. The minimum absolute atomic E-state index is 0.271. The molecule has 0 heterocycles. The van der Waals surface area contributed by atoms with Crippen LogP contribution in [0.4, 0.5) is 0 Å². The van der Waals surface area contributed by atoms with Crippen molar-refractivity contribution < 1.29 is 33.7 Å². The molecule has 3 unspecified atom stereocenters. The molecule has 0 fully saturated rings. The Kier molecular flexibility index (Phi) is 5.51. The Morgan fingerprint density at radius 3 is 2.13 bits per heavy atom. The number of rotatable bonds is 6. The Hall–Kier alpha value is -0.360. The van der Waals surface area contributed by atoms with Crippen molar-refractivity contribution in [3.63, 3.8) is 0 Å². The summed E-state index contributed by atoms with van der Waals surface area (Å²) in [5, 5.41) is 6.63. The summed E-state index contributed by atoms with van der Waals surface area (Å²) in [5.41, 5.74) is 5.08. The summed E-state index contributed by atoms with van der Waals surface area (Å²) in [6.45, 7) is 0. The Balaban J connectivity index is 4.40. The second-order valence-corrected chi connectivity index (χ2v) is 6.33. The lowest BCUT2D eigenvalue weighted by Gasteiger charge is -2.09. The van der Waals surface area contributed by atoms with Crippen molar-refractivity contribution in [2.45, 2.75) is 24.3 Å². The van der Waals surface area contributed by atoms with E-state index >= 15 is 0 Å². The van der Waals surface area contributed by atoms with Crippen LogP contribution in [0.2, 0.25) is 0 Å². The molecule has 0 rings (SSSR count). The molecule has 0 aromatic carbocycles. The first-order valence-electron chi connectivity index (χ1n) is 3.85. The fraction of sp³-hybridized carbons (Fsp3) is 0.800. The standard InChI is InChI=1S/C5H11NO7P2/c6-3(5(7)8)1-2-4(14(9)10)15(11,12)13/h3-4H,1-2,6H2,(H3-,7,8,9,10,11,12,13)/p+1. The van der Waals surface area contributed by atoms with E-state index in [0.29, 0.717) is 0 Å². The molecule has 88 valence electrons. The van der Waals surface area contributed by atoms with E-state index in [4.69, 9.17) is 25.5 Å². The monoisotopic (exact) mass is 260 g/mol. The minimum atomic E-state index is -4.70. The highest BCUT2D eigenvalue weighted by Gasteiger charge is 2.45. The largest absolute Gasteiger partial charge is 0.521 e. The Morgan fingerprint density at radius 1 is 1.40 bits per heavy atom. The van der Waals surface area contributed by atoms with Crippen LogP contribution in [0.1, 0.15) is 12.8 Å². The van der Waals surface area contributed by atoms with Gasteiger partial charge in [-0.2, -0.15) is 4.89 Å². The van der Waals surface area contributed by atoms with Gasteiger partial charge in [0, 0.05) is 6.42 Å². The van der Waals surface area contributed by atoms with E-state index in [0.717, 1.165) is 0 Å². The van der Waals surface area contributed by atoms with Crippen molar-refractivity contribution in [2.75, 3.05) is 0 Å². The van der Waals surface area contributed by atoms with Gasteiger partial charge in [-0.05, 0) is 11.0 Å². The third-order valence-electron chi connectivity index (χ3n) is 1.70. The summed E-state index contributed by atoms with van der Waals surface area (Å²) in [7, 11) is -7.76. The number of nitrogens with two attached hydrogens (primary N) is 1. The first kappa shape index (κ1) is 14.6. The highest BCUT2D eigenvalue weighted by Crippen LogP contribution is 2.53. The highest BCUT2D eigenvalue weighted by atomic mass is 31.2. The SMILES string of the molecule is NC(CCC([P+](=O)O)P(=O)(O)O)C(=O)O. The maximum absolute atomic E-state index is 10.7. The van der Waals surface area contributed by atoms with Gasteiger partial charge in [0.1, 0.15) is 6.04 Å². The van der Waals surface area contributed by atoms with E-state index < -0.39 is 39.5 Å². The Bertz CT molecular complexity index is 300. The predicted molar refractivity (Wildman–Crippen MR) is 50.5 cm³/mol. The van der Waals surface area contributed by atoms with Crippen LogP contribution in [0.15, 0.2) is 0 Å². The van der Waals surface area contributed by atoms with Crippen LogP contribution < -0.4 is 5.73 Å². The zero-order valence-corrected chi connectivity index (χ0v) is 9.34. The zero-order chi connectivity index (χ0) is 12.2. The van der Waals surface area contributed by atoms with Gasteiger partial charge in [-0.1, -0.05) is 0 Å². The van der Waals surface area contributed by atoms with Crippen LogP contribution in [0.3, 0.4) is 0 Å². The van der Waals surface area contributed by atoms with Crippen LogP contribution in [-0.2, 0) is 13.9 Å². The lowest BCUT2D eigenvalue weighted by atomic mass is 10.2. The van der Waals surface area contributed by atoms with Gasteiger partial charge in [0.05, 0.1) is 0 Å². The van der Waals surface area contributed by atoms with Crippen molar-refractivity contribution in [3.05, 3.63) is 0 Å². The van der Waals surface area contributed by atoms with Crippen LogP contribution in [0, 0.1) is 0 Å². The van der Waals surface area contributed by atoms with E-state index in [2.05, 4.69) is 0 Å². The first-order chi connectivity index (χ1) is 6.66. The Labute approximate surface area is 86.1 Å². The minimum Gasteiger partial charge on any atom is -0.480 e. The van der Waals surface area contributed by atoms with Crippen molar-refractivity contribution in [1.29, 1.82) is 0 Å². The lowest BCUT2D eigenvalue weighted by molar-refractivity contribution is -0.138. The molecule has 0 aliphatic carbocycles. The molecule has 10 heteroatoms. The summed E-state index contributed by atoms with van der Waals surface area (Å²) >= 11 is 0. The van der Waals surface area contributed by atoms with E-state index in [9.17, 15) is 13.9 Å². The summed E-state index contributed by atoms with van der Waals surface area (Å²) in [6.07, 6.45) is -0.684. The second kappa shape index (κ2) is 5.65. The van der Waals surface area contributed by atoms with Gasteiger partial charge in [-0.3, -0.25) is 9.36 Å².